The van der Waals surface area contributed by atoms with E-state index >= 15 is 0 Å². The molecule has 0 spiro atoms. The third-order valence-electron chi connectivity index (χ3n) is 5.68. The lowest BCUT2D eigenvalue weighted by Crippen LogP contribution is -2.39. The maximum Gasteiger partial charge on any atom is 0.339 e. The third kappa shape index (κ3) is 3.60. The van der Waals surface area contributed by atoms with E-state index in [1.54, 1.807) is 30.3 Å². The Labute approximate surface area is 185 Å². The Hall–Kier alpha value is -4.06. The lowest BCUT2D eigenvalue weighted by molar-refractivity contribution is -0.126. The molecule has 1 atom stereocenters. The second-order valence-electron chi connectivity index (χ2n) is 7.73. The minimum absolute atomic E-state index is 0.228. The molecule has 0 N–H and O–H groups in total. The van der Waals surface area contributed by atoms with Crippen LogP contribution in [0.3, 0.4) is 0 Å². The molecule has 2 aromatic heterocycles. The molecule has 0 fully saturated rings. The van der Waals surface area contributed by atoms with Crippen LogP contribution in [-0.4, -0.2) is 34.5 Å². The molecule has 158 valence electrons. The molecule has 0 aliphatic carbocycles. The van der Waals surface area contributed by atoms with Gasteiger partial charge in [0.2, 0.25) is 0 Å². The van der Waals surface area contributed by atoms with Crippen LogP contribution >= 0.6 is 0 Å². The molecule has 6 nitrogen and oxygen atoms in total. The van der Waals surface area contributed by atoms with Crippen molar-refractivity contribution in [1.82, 2.24) is 9.97 Å². The average Bonchev–Trinajstić information content (AvgIpc) is 3.27. The highest BCUT2D eigenvalue weighted by Gasteiger charge is 2.30. The molecular weight excluding hydrogens is 402 g/mol. The van der Waals surface area contributed by atoms with Gasteiger partial charge in [-0.05, 0) is 49.2 Å². The predicted octanol–water partition coefficient (Wildman–Crippen LogP) is 4.43. The maximum absolute atomic E-state index is 13.2. The second kappa shape index (κ2) is 8.23. The number of esters is 1. The number of carbonyl (C=O) groups excluding carboxylic acids is 2. The van der Waals surface area contributed by atoms with Crippen molar-refractivity contribution >= 4 is 28.5 Å². The normalized spacial score (nSPS) is 13.6. The smallest absolute Gasteiger partial charge is 0.339 e. The third-order valence-corrected chi connectivity index (χ3v) is 5.68. The number of rotatable bonds is 4. The van der Waals surface area contributed by atoms with Crippen LogP contribution in [0.2, 0.25) is 0 Å². The van der Waals surface area contributed by atoms with Crippen LogP contribution in [0.1, 0.15) is 22.8 Å². The number of aromatic nitrogens is 2. The Kier molecular flexibility index (Phi) is 5.11. The molecule has 1 aliphatic heterocycles. The Morgan fingerprint density at radius 2 is 1.84 bits per heavy atom. The second-order valence-corrected chi connectivity index (χ2v) is 7.73. The summed E-state index contributed by atoms with van der Waals surface area (Å²) >= 11 is 0. The summed E-state index contributed by atoms with van der Waals surface area (Å²) in [5.74, 6) is -0.781. The minimum atomic E-state index is -0.914. The summed E-state index contributed by atoms with van der Waals surface area (Å²) in [6.45, 7) is 2.20. The molecule has 2 aromatic carbocycles. The number of anilines is 1. The van der Waals surface area contributed by atoms with Crippen LogP contribution in [0.15, 0.2) is 79.1 Å². The number of amides is 1. The van der Waals surface area contributed by atoms with Crippen molar-refractivity contribution in [2.45, 2.75) is 19.4 Å². The Morgan fingerprint density at radius 1 is 1.03 bits per heavy atom. The van der Waals surface area contributed by atoms with Gasteiger partial charge >= 0.3 is 5.97 Å². The SMILES string of the molecule is CC(OC(=O)c1cc(-c2cccnc2)nc2ccccc12)C(=O)N1CCc2ccccc21. The number of nitrogens with zero attached hydrogens (tertiary/aromatic N) is 3. The van der Waals surface area contributed by atoms with Crippen LogP contribution in [0, 0.1) is 0 Å². The van der Waals surface area contributed by atoms with Gasteiger partial charge in [0.1, 0.15) is 0 Å². The zero-order chi connectivity index (χ0) is 22.1. The number of carbonyl (C=O) groups is 2. The quantitative estimate of drug-likeness (QED) is 0.454. The topological polar surface area (TPSA) is 72.4 Å². The van der Waals surface area contributed by atoms with Gasteiger partial charge in [0.25, 0.3) is 5.91 Å². The highest BCUT2D eigenvalue weighted by Crippen LogP contribution is 2.29. The lowest BCUT2D eigenvalue weighted by Gasteiger charge is -2.22. The van der Waals surface area contributed by atoms with E-state index in [4.69, 9.17) is 4.74 Å². The van der Waals surface area contributed by atoms with E-state index in [1.165, 1.54) is 0 Å². The van der Waals surface area contributed by atoms with Crippen molar-refractivity contribution < 1.29 is 14.3 Å². The van der Waals surface area contributed by atoms with Gasteiger partial charge in [0.05, 0.1) is 16.8 Å². The monoisotopic (exact) mass is 423 g/mol. The first-order chi connectivity index (χ1) is 15.6. The van der Waals surface area contributed by atoms with Gasteiger partial charge in [-0.1, -0.05) is 36.4 Å². The largest absolute Gasteiger partial charge is 0.449 e. The standard InChI is InChI=1S/C26H21N3O3/c1-17(25(30)29-14-12-18-7-2-5-11-24(18)29)32-26(31)21-15-23(19-8-6-13-27-16-19)28-22-10-4-3-9-20(21)22/h2-11,13,15-17H,12,14H2,1H3. The molecule has 1 aliphatic rings. The van der Waals surface area contributed by atoms with E-state index in [9.17, 15) is 9.59 Å². The van der Waals surface area contributed by atoms with Gasteiger partial charge in [-0.2, -0.15) is 0 Å². The Bertz CT molecular complexity index is 1320. The summed E-state index contributed by atoms with van der Waals surface area (Å²) < 4.78 is 5.65. The molecule has 3 heterocycles. The number of hydrogen-bond donors (Lipinski definition) is 0. The fourth-order valence-corrected chi connectivity index (χ4v) is 4.07. The van der Waals surface area contributed by atoms with Crippen molar-refractivity contribution in [2.24, 2.45) is 0 Å². The van der Waals surface area contributed by atoms with Crippen LogP contribution in [0.25, 0.3) is 22.2 Å². The zero-order valence-electron chi connectivity index (χ0n) is 17.6. The number of ether oxygens (including phenoxy) is 1. The van der Waals surface area contributed by atoms with Crippen molar-refractivity contribution in [3.8, 4) is 11.3 Å². The number of benzene rings is 2. The van der Waals surface area contributed by atoms with E-state index in [0.717, 1.165) is 23.2 Å². The van der Waals surface area contributed by atoms with Crippen LogP contribution < -0.4 is 4.90 Å². The number of fused-ring (bicyclic) bond motifs is 2. The van der Waals surface area contributed by atoms with E-state index in [0.29, 0.717) is 28.7 Å². The summed E-state index contributed by atoms with van der Waals surface area (Å²) in [4.78, 5) is 36.7. The maximum atomic E-state index is 13.2. The Balaban J connectivity index is 1.44. The lowest BCUT2D eigenvalue weighted by atomic mass is 10.0. The summed E-state index contributed by atoms with van der Waals surface area (Å²) in [5.41, 5.74) is 4.47. The number of para-hydroxylation sites is 2. The highest BCUT2D eigenvalue weighted by molar-refractivity contribution is 6.06. The van der Waals surface area contributed by atoms with Gasteiger partial charge in [-0.15, -0.1) is 0 Å². The van der Waals surface area contributed by atoms with Crippen molar-refractivity contribution in [3.05, 3.63) is 90.3 Å². The summed E-state index contributed by atoms with van der Waals surface area (Å²) in [7, 11) is 0. The molecule has 6 heteroatoms. The molecule has 5 rings (SSSR count). The van der Waals surface area contributed by atoms with E-state index in [-0.39, 0.29) is 5.91 Å². The molecule has 0 bridgehead atoms. The number of hydrogen-bond acceptors (Lipinski definition) is 5. The summed E-state index contributed by atoms with van der Waals surface area (Å²) in [5, 5.41) is 0.677. The summed E-state index contributed by atoms with van der Waals surface area (Å²) in [6, 6.07) is 20.6. The molecule has 0 radical (unpaired) electrons. The Morgan fingerprint density at radius 3 is 2.69 bits per heavy atom. The van der Waals surface area contributed by atoms with Gasteiger partial charge in [-0.25, -0.2) is 9.78 Å². The fraction of sp³-hybridized carbons (Fsp3) is 0.154. The van der Waals surface area contributed by atoms with Crippen LogP contribution in [0.5, 0.6) is 0 Å². The van der Waals surface area contributed by atoms with E-state index < -0.39 is 12.1 Å². The van der Waals surface area contributed by atoms with Crippen LogP contribution in [0.4, 0.5) is 5.69 Å². The van der Waals surface area contributed by atoms with Gasteiger partial charge < -0.3 is 9.64 Å². The molecule has 32 heavy (non-hydrogen) atoms. The predicted molar refractivity (Wildman–Crippen MR) is 122 cm³/mol. The van der Waals surface area contributed by atoms with Crippen molar-refractivity contribution in [2.75, 3.05) is 11.4 Å². The molecule has 1 unspecified atom stereocenters. The van der Waals surface area contributed by atoms with Crippen LogP contribution in [-0.2, 0) is 16.0 Å². The zero-order valence-corrected chi connectivity index (χ0v) is 17.6. The van der Waals surface area contributed by atoms with Crippen molar-refractivity contribution in [3.63, 3.8) is 0 Å². The number of pyridine rings is 2. The molecule has 1 amide bonds. The van der Waals surface area contributed by atoms with Gasteiger partial charge in [-0.3, -0.25) is 9.78 Å². The van der Waals surface area contributed by atoms with E-state index in [2.05, 4.69) is 9.97 Å². The first-order valence-corrected chi connectivity index (χ1v) is 10.5. The highest BCUT2D eigenvalue weighted by atomic mass is 16.5. The first-order valence-electron chi connectivity index (χ1n) is 10.5. The minimum Gasteiger partial charge on any atom is -0.449 e. The molecule has 4 aromatic rings. The molecular formula is C26H21N3O3. The fourth-order valence-electron chi connectivity index (χ4n) is 4.07. The van der Waals surface area contributed by atoms with Gasteiger partial charge in [0.15, 0.2) is 6.10 Å². The average molecular weight is 423 g/mol. The van der Waals surface area contributed by atoms with Gasteiger partial charge in [0, 0.05) is 35.6 Å². The van der Waals surface area contributed by atoms with E-state index in [1.807, 2.05) is 60.7 Å². The molecule has 0 saturated heterocycles. The first kappa shape index (κ1) is 19.9. The van der Waals surface area contributed by atoms with Crippen molar-refractivity contribution in [1.29, 1.82) is 0 Å². The molecule has 0 saturated carbocycles. The summed E-state index contributed by atoms with van der Waals surface area (Å²) in [6.07, 6.45) is 3.26.